The van der Waals surface area contributed by atoms with Crippen LogP contribution in [0.1, 0.15) is 38.7 Å². The first-order valence-electron chi connectivity index (χ1n) is 9.23. The Kier molecular flexibility index (Phi) is 5.18. The Morgan fingerprint density at radius 1 is 1.22 bits per heavy atom. The average molecular weight is 383 g/mol. The van der Waals surface area contributed by atoms with Crippen LogP contribution in [-0.2, 0) is 15.8 Å². The third-order valence-electron chi connectivity index (χ3n) is 5.86. The largest absolute Gasteiger partial charge is 0.416 e. The number of hydrogen-bond acceptors (Lipinski definition) is 4. The van der Waals surface area contributed by atoms with Crippen LogP contribution in [0.15, 0.2) is 18.3 Å². The molecule has 1 saturated carbocycles. The molecule has 1 aliphatic carbocycles. The summed E-state index contributed by atoms with van der Waals surface area (Å²) >= 11 is 0. The summed E-state index contributed by atoms with van der Waals surface area (Å²) < 4.78 is 38.7. The molecule has 1 aromatic rings. The number of nitrogens with zero attached hydrogens (tertiary/aromatic N) is 3. The third kappa shape index (κ3) is 3.80. The second kappa shape index (κ2) is 7.13. The van der Waals surface area contributed by atoms with E-state index in [9.17, 15) is 22.8 Å². The van der Waals surface area contributed by atoms with Crippen LogP contribution in [0.4, 0.5) is 19.0 Å². The van der Waals surface area contributed by atoms with E-state index in [2.05, 4.69) is 4.98 Å². The fourth-order valence-electron chi connectivity index (χ4n) is 4.03. The summed E-state index contributed by atoms with van der Waals surface area (Å²) in [5.41, 5.74) is -1.36. The first kappa shape index (κ1) is 19.6. The van der Waals surface area contributed by atoms with Gasteiger partial charge in [0, 0.05) is 45.2 Å². The number of rotatable bonds is 3. The number of halogens is 3. The second-order valence-corrected chi connectivity index (χ2v) is 7.71. The number of hydrogen-bond donors (Lipinski definition) is 0. The van der Waals surface area contributed by atoms with Gasteiger partial charge in [0.25, 0.3) is 0 Å². The molecule has 0 aromatic carbocycles. The van der Waals surface area contributed by atoms with Gasteiger partial charge in [-0.3, -0.25) is 9.59 Å². The second-order valence-electron chi connectivity index (χ2n) is 7.71. The van der Waals surface area contributed by atoms with E-state index in [0.29, 0.717) is 45.4 Å². The van der Waals surface area contributed by atoms with Gasteiger partial charge in [0.15, 0.2) is 0 Å². The van der Waals surface area contributed by atoms with Gasteiger partial charge in [0.05, 0.1) is 11.0 Å². The normalized spacial score (nSPS) is 24.0. The van der Waals surface area contributed by atoms with Crippen molar-refractivity contribution in [3.63, 3.8) is 0 Å². The predicted octanol–water partition coefficient (Wildman–Crippen LogP) is 3.14. The fourth-order valence-corrected chi connectivity index (χ4v) is 4.03. The first-order valence-corrected chi connectivity index (χ1v) is 9.23. The highest BCUT2D eigenvalue weighted by Crippen LogP contribution is 2.44. The van der Waals surface area contributed by atoms with Crippen LogP contribution in [0.3, 0.4) is 0 Å². The third-order valence-corrected chi connectivity index (χ3v) is 5.86. The number of Topliss-reactive ketones (excluding diaryl/α,β-unsaturated/α-hetero) is 1. The molecule has 1 amide bonds. The molecule has 0 radical (unpaired) electrons. The Bertz CT molecular complexity index is 727. The molecule has 8 heteroatoms. The maximum atomic E-state index is 13.1. The van der Waals surface area contributed by atoms with Crippen LogP contribution in [0.25, 0.3) is 0 Å². The van der Waals surface area contributed by atoms with Crippen molar-refractivity contribution in [2.45, 2.75) is 39.3 Å². The smallest absolute Gasteiger partial charge is 0.353 e. The molecule has 1 atom stereocenters. The number of ketones is 1. The van der Waals surface area contributed by atoms with Gasteiger partial charge in [0.2, 0.25) is 5.91 Å². The van der Waals surface area contributed by atoms with Crippen molar-refractivity contribution in [3.05, 3.63) is 23.9 Å². The zero-order valence-electron chi connectivity index (χ0n) is 15.6. The highest BCUT2D eigenvalue weighted by atomic mass is 19.4. The lowest BCUT2D eigenvalue weighted by Gasteiger charge is -2.41. The quantitative estimate of drug-likeness (QED) is 0.805. The van der Waals surface area contributed by atoms with E-state index in [1.807, 2.05) is 13.8 Å². The molecule has 1 aromatic heterocycles. The molecule has 2 aliphatic rings. The summed E-state index contributed by atoms with van der Waals surface area (Å²) in [6.45, 7) is 5.61. The number of aromatic nitrogens is 1. The lowest BCUT2D eigenvalue weighted by atomic mass is 9.74. The van der Waals surface area contributed by atoms with Crippen molar-refractivity contribution >= 4 is 17.5 Å². The number of carbonyl (C=O) groups is 2. The Morgan fingerprint density at radius 2 is 1.89 bits per heavy atom. The minimum absolute atomic E-state index is 0.00000131. The van der Waals surface area contributed by atoms with Gasteiger partial charge >= 0.3 is 6.18 Å². The summed E-state index contributed by atoms with van der Waals surface area (Å²) in [5.74, 6) is 0.468. The van der Waals surface area contributed by atoms with Gasteiger partial charge in [-0.1, -0.05) is 13.8 Å². The fraction of sp³-hybridized carbons (Fsp3) is 0.632. The minimum Gasteiger partial charge on any atom is -0.353 e. The van der Waals surface area contributed by atoms with Crippen molar-refractivity contribution < 1.29 is 22.8 Å². The first-order chi connectivity index (χ1) is 12.6. The SMILES string of the molecule is CC(C)[C@]1(C(=O)N2CCN(c3cc(C(F)(F)F)ccn3)CC2)CCC(=O)C1. The van der Waals surface area contributed by atoms with E-state index in [-0.39, 0.29) is 23.4 Å². The standard InChI is InChI=1S/C19H24F3N3O2/c1-13(2)18(5-3-15(26)12-18)17(27)25-9-7-24(8-10-25)16-11-14(4-6-23-16)19(20,21)22/h4,6,11,13H,3,5,7-10,12H2,1-2H3/t18-/m0/s1. The molecule has 0 unspecified atom stereocenters. The van der Waals surface area contributed by atoms with Crippen LogP contribution >= 0.6 is 0 Å². The minimum atomic E-state index is -4.41. The van der Waals surface area contributed by atoms with Crippen molar-refractivity contribution in [1.82, 2.24) is 9.88 Å². The molecule has 2 fully saturated rings. The molecular formula is C19H24F3N3O2. The number of piperazine rings is 1. The van der Waals surface area contributed by atoms with E-state index in [1.54, 1.807) is 9.80 Å². The molecule has 5 nitrogen and oxygen atoms in total. The van der Waals surface area contributed by atoms with E-state index < -0.39 is 17.2 Å². The van der Waals surface area contributed by atoms with Crippen LogP contribution in [0.5, 0.6) is 0 Å². The maximum absolute atomic E-state index is 13.1. The summed E-state index contributed by atoms with van der Waals surface area (Å²) in [5, 5.41) is 0. The van der Waals surface area contributed by atoms with Crippen molar-refractivity contribution in [2.75, 3.05) is 31.1 Å². The highest BCUT2D eigenvalue weighted by Gasteiger charge is 2.49. The highest BCUT2D eigenvalue weighted by molar-refractivity contribution is 5.93. The number of carbonyl (C=O) groups excluding carboxylic acids is 2. The summed E-state index contributed by atoms with van der Waals surface area (Å²) in [7, 11) is 0. The number of amides is 1. The Balaban J connectivity index is 1.69. The lowest BCUT2D eigenvalue weighted by molar-refractivity contribution is -0.146. The van der Waals surface area contributed by atoms with Gasteiger partial charge in [-0.2, -0.15) is 13.2 Å². The summed E-state index contributed by atoms with van der Waals surface area (Å²) in [6, 6.07) is 2.00. The molecule has 0 bridgehead atoms. The molecule has 148 valence electrons. The van der Waals surface area contributed by atoms with Gasteiger partial charge in [-0.25, -0.2) is 4.98 Å². The van der Waals surface area contributed by atoms with Gasteiger partial charge in [-0.05, 0) is 24.5 Å². The lowest BCUT2D eigenvalue weighted by Crippen LogP contribution is -2.54. The molecule has 0 spiro atoms. The molecule has 0 N–H and O–H groups in total. The Labute approximate surface area is 156 Å². The van der Waals surface area contributed by atoms with Crippen LogP contribution in [-0.4, -0.2) is 47.8 Å². The van der Waals surface area contributed by atoms with Crippen molar-refractivity contribution in [1.29, 1.82) is 0 Å². The topological polar surface area (TPSA) is 53.5 Å². The van der Waals surface area contributed by atoms with E-state index in [0.717, 1.165) is 18.3 Å². The molecule has 3 rings (SSSR count). The van der Waals surface area contributed by atoms with Gasteiger partial charge in [0.1, 0.15) is 11.6 Å². The van der Waals surface area contributed by atoms with Gasteiger partial charge < -0.3 is 9.80 Å². The number of pyridine rings is 1. The van der Waals surface area contributed by atoms with E-state index in [4.69, 9.17) is 0 Å². The number of alkyl halides is 3. The zero-order valence-corrected chi connectivity index (χ0v) is 15.6. The molecule has 1 saturated heterocycles. The van der Waals surface area contributed by atoms with E-state index >= 15 is 0 Å². The van der Waals surface area contributed by atoms with Crippen molar-refractivity contribution in [2.24, 2.45) is 11.3 Å². The van der Waals surface area contributed by atoms with Crippen LogP contribution in [0.2, 0.25) is 0 Å². The van der Waals surface area contributed by atoms with Gasteiger partial charge in [-0.15, -0.1) is 0 Å². The van der Waals surface area contributed by atoms with E-state index in [1.165, 1.54) is 0 Å². The van der Waals surface area contributed by atoms with Crippen molar-refractivity contribution in [3.8, 4) is 0 Å². The van der Waals surface area contributed by atoms with Crippen LogP contribution < -0.4 is 4.90 Å². The molecule has 2 heterocycles. The maximum Gasteiger partial charge on any atom is 0.416 e. The average Bonchev–Trinajstić information content (AvgIpc) is 3.04. The zero-order chi connectivity index (χ0) is 19.8. The molecule has 27 heavy (non-hydrogen) atoms. The predicted molar refractivity (Wildman–Crippen MR) is 94.2 cm³/mol. The monoisotopic (exact) mass is 383 g/mol. The summed E-state index contributed by atoms with van der Waals surface area (Å²) in [4.78, 5) is 32.5. The summed E-state index contributed by atoms with van der Waals surface area (Å²) in [6.07, 6.45) is -1.93. The van der Waals surface area contributed by atoms with Crippen LogP contribution in [0, 0.1) is 11.3 Å². The molecule has 1 aliphatic heterocycles. The Morgan fingerprint density at radius 3 is 2.41 bits per heavy atom. The Hall–Kier alpha value is -2.12. The number of anilines is 1. The molecular weight excluding hydrogens is 359 g/mol.